The molecule has 5 aromatic rings. The number of rotatable bonds is 30. The highest BCUT2D eigenvalue weighted by atomic mass is 35.5. The third-order valence-electron chi connectivity index (χ3n) is 24.0. The van der Waals surface area contributed by atoms with Crippen LogP contribution in [0.1, 0.15) is 203 Å². The predicted molar refractivity (Wildman–Crippen MR) is 464 cm³/mol. The van der Waals surface area contributed by atoms with Crippen molar-refractivity contribution in [2.75, 3.05) is 26.7 Å². The number of carbonyl (C=O) groups excluding carboxylic acids is 9. The second kappa shape index (κ2) is 43.7. The number of halogens is 1. The molecule has 8 aliphatic rings. The van der Waals surface area contributed by atoms with Gasteiger partial charge < -0.3 is 155 Å². The number of nitrogens with one attached hydrogen (secondary N) is 9. The van der Waals surface area contributed by atoms with Crippen LogP contribution in [-0.4, -0.2) is 235 Å². The Labute approximate surface area is 750 Å². The van der Waals surface area contributed by atoms with Crippen LogP contribution in [0.3, 0.4) is 0 Å². The third kappa shape index (κ3) is 24.3. The minimum atomic E-state index is -2.35. The SMILES string of the molecule is CCCCCCCCCCNC(=O)C(N)CCCCNC(=O)C1NC(=O)[C@H]2NC(=O)[C@H](NC(=O)[C@@H]3NC(=O)[C@H](CC(N)=O)NC(=O)[C@H](NC(=O)[C@@H](CC(C)C)NC)[C@H](O)c4ccc(c(Cl)c4)Oc4cc3cc(c4O[C@@H]3O[C@H](CO)[C@@H](O)[C@H](O)[C@H]3O[C@H]3C[C@](C)(N)[C@@H](O)[C@H](C)O3)Oc3ccc(cc3)[C@H]2O[C@H]2C[C@](C)(N)[C@@H](O)[C@H](C)O2)c2ccc(O)c(c2)-c2c(O)cc(O)cc21. The number of aliphatic hydroxyl groups excluding tert-OH is 6. The summed E-state index contributed by atoms with van der Waals surface area (Å²) in [6.45, 7) is 11.2. The lowest BCUT2D eigenvalue weighted by molar-refractivity contribution is -0.333. The van der Waals surface area contributed by atoms with E-state index < -0.39 is 251 Å². The van der Waals surface area contributed by atoms with E-state index >= 15 is 28.8 Å². The van der Waals surface area contributed by atoms with E-state index in [0.717, 1.165) is 87.1 Å². The number of aromatic hydroxyl groups is 3. The van der Waals surface area contributed by atoms with Crippen molar-refractivity contribution in [1.29, 1.82) is 0 Å². The molecule has 0 radical (unpaired) electrons. The normalized spacial score (nSPS) is 29.4. The predicted octanol–water partition coefficient (Wildman–Crippen LogP) is 2.48. The van der Waals surface area contributed by atoms with Crippen LogP contribution in [0.15, 0.2) is 84.9 Å². The number of ether oxygens (including phenoxy) is 8. The van der Waals surface area contributed by atoms with Crippen molar-refractivity contribution < 1.29 is 127 Å². The molecule has 3 fully saturated rings. The quantitative estimate of drug-likeness (QED) is 0.0294. The van der Waals surface area contributed by atoms with Gasteiger partial charge in [-0.05, 0) is 155 Å². The lowest BCUT2D eigenvalue weighted by Gasteiger charge is -2.47. The van der Waals surface area contributed by atoms with E-state index in [1.807, 2.05) is 13.8 Å². The van der Waals surface area contributed by atoms with E-state index in [4.69, 9.17) is 72.4 Å². The van der Waals surface area contributed by atoms with Gasteiger partial charge in [-0.2, -0.15) is 0 Å². The number of phenolic OH excluding ortho intramolecular Hbond substituents is 3. The summed E-state index contributed by atoms with van der Waals surface area (Å²) in [4.78, 5) is 136. The van der Waals surface area contributed by atoms with Gasteiger partial charge in [0.15, 0.2) is 30.2 Å². The number of unbranched alkanes of at least 4 members (excludes halogenated alkanes) is 8. The molecular weight excluding hydrogens is 1700 g/mol. The number of benzene rings is 5. The van der Waals surface area contributed by atoms with Gasteiger partial charge in [-0.1, -0.05) is 102 Å². The summed E-state index contributed by atoms with van der Waals surface area (Å²) in [5.41, 5.74) is 20.6. The van der Waals surface area contributed by atoms with Gasteiger partial charge in [-0.15, -0.1) is 0 Å². The van der Waals surface area contributed by atoms with Gasteiger partial charge in [0.05, 0.1) is 54.5 Å². The fourth-order valence-corrected chi connectivity index (χ4v) is 17.0. The maximum Gasteiger partial charge on any atom is 0.248 e. The highest BCUT2D eigenvalue weighted by Crippen LogP contribution is 2.50. The summed E-state index contributed by atoms with van der Waals surface area (Å²) in [5.74, 6) is -14.7. The van der Waals surface area contributed by atoms with Gasteiger partial charge in [0.2, 0.25) is 65.2 Å². The first kappa shape index (κ1) is 99.4. The highest BCUT2D eigenvalue weighted by Gasteiger charge is 2.53. The Morgan fingerprint density at radius 1 is 0.628 bits per heavy atom. The summed E-state index contributed by atoms with van der Waals surface area (Å²) < 4.78 is 52.4. The number of fused-ring (bicyclic) bond motifs is 15. The minimum Gasteiger partial charge on any atom is -0.508 e. The molecule has 3 saturated heterocycles. The minimum absolute atomic E-state index is 0.0149. The monoisotopic (exact) mass is 1820 g/mol. The summed E-state index contributed by atoms with van der Waals surface area (Å²) in [7, 11) is 1.48. The van der Waals surface area contributed by atoms with E-state index in [9.17, 15) is 60.3 Å². The second-order valence-electron chi connectivity index (χ2n) is 35.0. The number of phenols is 3. The van der Waals surface area contributed by atoms with E-state index in [-0.39, 0.29) is 89.2 Å². The molecular formula is C89H122ClN13O26. The van der Waals surface area contributed by atoms with Crippen molar-refractivity contribution >= 4 is 64.8 Å². The van der Waals surface area contributed by atoms with Gasteiger partial charge in [-0.25, -0.2) is 0 Å². The van der Waals surface area contributed by atoms with Crippen LogP contribution in [0.25, 0.3) is 11.1 Å². The molecule has 706 valence electrons. The number of likely N-dealkylation sites (N-methyl/N-ethyl adjacent to an activating group) is 1. The van der Waals surface area contributed by atoms with E-state index in [1.165, 1.54) is 84.0 Å². The lowest BCUT2D eigenvalue weighted by Crippen LogP contribution is -2.64. The van der Waals surface area contributed by atoms with Gasteiger partial charge in [0, 0.05) is 54.2 Å². The molecule has 8 aliphatic heterocycles. The Bertz CT molecular complexity index is 4820. The molecule has 5 aromatic carbocycles. The Kier molecular flexibility index (Phi) is 33.7. The molecule has 129 heavy (non-hydrogen) atoms. The molecule has 2 unspecified atom stereocenters. The molecule has 11 bridgehead atoms. The fraction of sp³-hybridized carbons (Fsp3) is 0.562. The summed E-state index contributed by atoms with van der Waals surface area (Å²) >= 11 is 7.20. The van der Waals surface area contributed by atoms with Crippen LogP contribution in [0, 0.1) is 5.92 Å². The molecule has 0 aliphatic carbocycles. The molecule has 23 atom stereocenters. The van der Waals surface area contributed by atoms with Crippen molar-refractivity contribution in [1.82, 2.24) is 47.9 Å². The number of hydrogen-bond donors (Lipinski definition) is 22. The summed E-state index contributed by atoms with van der Waals surface area (Å²) in [6, 6.07) is 1.45. The van der Waals surface area contributed by atoms with E-state index in [0.29, 0.717) is 13.0 Å². The average molecular weight is 1830 g/mol. The lowest BCUT2D eigenvalue weighted by atomic mass is 9.86. The topological polar surface area (TPSA) is 622 Å². The Balaban J connectivity index is 1.10. The Morgan fingerprint density at radius 2 is 1.22 bits per heavy atom. The maximum atomic E-state index is 16.6. The zero-order valence-corrected chi connectivity index (χ0v) is 73.9. The third-order valence-corrected chi connectivity index (χ3v) is 24.3. The molecule has 39 nitrogen and oxygen atoms in total. The molecule has 0 spiro atoms. The van der Waals surface area contributed by atoms with Crippen molar-refractivity contribution in [3.05, 3.63) is 118 Å². The first-order chi connectivity index (χ1) is 61.2. The van der Waals surface area contributed by atoms with Crippen LogP contribution in [0.2, 0.25) is 5.02 Å². The van der Waals surface area contributed by atoms with Crippen LogP contribution < -0.4 is 85.0 Å². The number of hydrogen-bond acceptors (Lipinski definition) is 30. The van der Waals surface area contributed by atoms with Gasteiger partial charge in [0.25, 0.3) is 0 Å². The largest absolute Gasteiger partial charge is 0.508 e. The molecule has 26 N–H and O–H groups in total. The van der Waals surface area contributed by atoms with Crippen molar-refractivity contribution in [3.8, 4) is 57.1 Å². The second-order valence-corrected chi connectivity index (χ2v) is 35.4. The van der Waals surface area contributed by atoms with Crippen LogP contribution in [0.4, 0.5) is 0 Å². The van der Waals surface area contributed by atoms with Crippen LogP contribution >= 0.6 is 11.6 Å². The fourth-order valence-electron chi connectivity index (χ4n) is 16.8. The molecule has 13 rings (SSSR count). The average Bonchev–Trinajstić information content (AvgIpc) is 0.765. The van der Waals surface area contributed by atoms with Crippen molar-refractivity contribution in [2.45, 2.75) is 284 Å². The summed E-state index contributed by atoms with van der Waals surface area (Å²) in [5, 5.41) is 129. The Hall–Kier alpha value is -10.2. The molecule has 9 amide bonds. The first-order valence-electron chi connectivity index (χ1n) is 43.6. The first-order valence-corrected chi connectivity index (χ1v) is 44.0. The highest BCUT2D eigenvalue weighted by molar-refractivity contribution is 6.32. The maximum absolute atomic E-state index is 16.6. The number of carbonyl (C=O) groups is 9. The van der Waals surface area contributed by atoms with Gasteiger partial charge >= 0.3 is 0 Å². The van der Waals surface area contributed by atoms with E-state index in [1.54, 1.807) is 0 Å². The van der Waals surface area contributed by atoms with Crippen LogP contribution in [0.5, 0.6) is 46.0 Å². The number of amides is 9. The number of primary amides is 1. The van der Waals surface area contributed by atoms with Gasteiger partial charge in [0.1, 0.15) is 95.5 Å². The van der Waals surface area contributed by atoms with Gasteiger partial charge in [-0.3, -0.25) is 43.2 Å². The van der Waals surface area contributed by atoms with Crippen molar-refractivity contribution in [2.24, 2.45) is 28.9 Å². The zero-order valence-electron chi connectivity index (χ0n) is 73.2. The number of aliphatic hydroxyl groups is 6. The number of nitrogens with two attached hydrogens (primary N) is 4. The molecule has 40 heteroatoms. The van der Waals surface area contributed by atoms with E-state index in [2.05, 4.69) is 54.8 Å². The molecule has 8 heterocycles. The van der Waals surface area contributed by atoms with Crippen LogP contribution in [-0.2, 0) is 66.8 Å². The molecule has 0 aromatic heterocycles. The van der Waals surface area contributed by atoms with Crippen molar-refractivity contribution in [3.63, 3.8) is 0 Å². The Morgan fingerprint density at radius 3 is 1.85 bits per heavy atom. The molecule has 0 saturated carbocycles. The standard InChI is InChI=1S/C89H122ClN13O26/c1-9-10-11-12-13-14-15-17-28-96-79(114)53(91)19-16-18-29-97-82(117)68-51-35-48(105)36-57(107)65(51)50-31-45(22-26-56(50)106)66-83(118)103-70(86(121)101-68)74(127-63-38-88(6,93)77(112)42(4)122-63)44-20-24-49(25-21-44)124-59-33-47-34-60(75(59)129-87-76(73(111)72(110)61(40-104)126-87)128-64-39-89(7,94)78(113)43(5)123-64)125-58-27-23-46(32-52(58)90)71(109)69(102-80(115)54(95-8)30-41(2)3)85(120)98-55(37-62(92)108)81(116)99-67(47)84(119)100-66/h20-27,31-36,41-43,53-55,61,63-64,66-74,76-78,87,95,104-107,109-113H,9-19,28-30,37-40,91,93-94H2,1-8H3,(H2,92,108)(H,96,114)(H,97,117)(H,98,120)(H,99,116)(H,100,119)(H,101,121)(H,102,115)(H,103,118)/t42-,43-,53?,54+,55-,61+,63-,64-,66+,67+,68?,69+,70-,71+,72+,73-,74+,76+,77-,78-,87-,88-,89-/m0/s1. The smallest absolute Gasteiger partial charge is 0.248 e. The zero-order chi connectivity index (χ0) is 93.8. The summed E-state index contributed by atoms with van der Waals surface area (Å²) in [6.07, 6.45) is -13.2.